The van der Waals surface area contributed by atoms with Crippen molar-refractivity contribution < 1.29 is 4.79 Å². The van der Waals surface area contributed by atoms with Crippen molar-refractivity contribution >= 4 is 5.91 Å². The molecule has 2 aliphatic rings. The molecule has 0 aliphatic heterocycles. The quantitative estimate of drug-likeness (QED) is 0.767. The van der Waals surface area contributed by atoms with Crippen LogP contribution in [0.3, 0.4) is 0 Å². The zero-order chi connectivity index (χ0) is 13.4. The molecule has 4 heteroatoms. The molecule has 18 heavy (non-hydrogen) atoms. The Balaban J connectivity index is 1.88. The van der Waals surface area contributed by atoms with Crippen LogP contribution in [0.5, 0.6) is 0 Å². The van der Waals surface area contributed by atoms with Gasteiger partial charge in [-0.15, -0.1) is 0 Å². The lowest BCUT2D eigenvalue weighted by atomic mass is 9.62. The molecule has 2 aliphatic carbocycles. The van der Waals surface area contributed by atoms with E-state index in [9.17, 15) is 4.79 Å². The topological polar surface area (TPSA) is 58.4 Å². The Morgan fingerprint density at radius 1 is 1.39 bits per heavy atom. The molecular weight excluding hydrogens is 226 g/mol. The van der Waals surface area contributed by atoms with Crippen LogP contribution < -0.4 is 11.1 Å². The van der Waals surface area contributed by atoms with Crippen LogP contribution in [0.25, 0.3) is 0 Å². The number of carbonyl (C=O) groups excluding carboxylic acids is 1. The van der Waals surface area contributed by atoms with Crippen molar-refractivity contribution in [1.29, 1.82) is 0 Å². The van der Waals surface area contributed by atoms with E-state index in [4.69, 9.17) is 5.73 Å². The fraction of sp³-hybridized carbons (Fsp3) is 0.929. The van der Waals surface area contributed by atoms with Crippen molar-refractivity contribution in [2.45, 2.75) is 44.6 Å². The van der Waals surface area contributed by atoms with Gasteiger partial charge in [-0.25, -0.2) is 0 Å². The SMILES string of the molecule is CC1CC(CN)(C(=O)NCC2(N(C)C)CCC2)C1. The first-order valence-corrected chi connectivity index (χ1v) is 7.10. The van der Waals surface area contributed by atoms with Crippen molar-refractivity contribution in [2.24, 2.45) is 17.1 Å². The lowest BCUT2D eigenvalue weighted by molar-refractivity contribution is -0.139. The van der Waals surface area contributed by atoms with Crippen LogP contribution >= 0.6 is 0 Å². The van der Waals surface area contributed by atoms with E-state index in [0.717, 1.165) is 19.4 Å². The first-order valence-electron chi connectivity index (χ1n) is 7.10. The van der Waals surface area contributed by atoms with Gasteiger partial charge >= 0.3 is 0 Å². The summed E-state index contributed by atoms with van der Waals surface area (Å²) in [6.07, 6.45) is 5.54. The molecule has 2 rings (SSSR count). The summed E-state index contributed by atoms with van der Waals surface area (Å²) < 4.78 is 0. The van der Waals surface area contributed by atoms with Crippen LogP contribution in [0.1, 0.15) is 39.0 Å². The van der Waals surface area contributed by atoms with Crippen molar-refractivity contribution in [1.82, 2.24) is 10.2 Å². The summed E-state index contributed by atoms with van der Waals surface area (Å²) in [5.41, 5.74) is 5.73. The van der Waals surface area contributed by atoms with E-state index in [0.29, 0.717) is 12.5 Å². The molecule has 1 amide bonds. The fourth-order valence-corrected chi connectivity index (χ4v) is 3.52. The summed E-state index contributed by atoms with van der Waals surface area (Å²) in [4.78, 5) is 14.6. The largest absolute Gasteiger partial charge is 0.354 e. The Bertz CT molecular complexity index is 317. The van der Waals surface area contributed by atoms with Crippen molar-refractivity contribution in [3.63, 3.8) is 0 Å². The molecule has 0 aromatic rings. The second-order valence-corrected chi connectivity index (χ2v) is 6.65. The number of nitrogens with one attached hydrogen (secondary N) is 1. The molecule has 0 bridgehead atoms. The maximum atomic E-state index is 12.3. The minimum Gasteiger partial charge on any atom is -0.354 e. The van der Waals surface area contributed by atoms with Crippen molar-refractivity contribution in [2.75, 3.05) is 27.2 Å². The van der Waals surface area contributed by atoms with E-state index < -0.39 is 0 Å². The van der Waals surface area contributed by atoms with Gasteiger partial charge in [0.25, 0.3) is 0 Å². The third-order valence-electron chi connectivity index (χ3n) is 5.16. The second-order valence-electron chi connectivity index (χ2n) is 6.65. The predicted molar refractivity (Wildman–Crippen MR) is 73.2 cm³/mol. The number of rotatable bonds is 5. The van der Waals surface area contributed by atoms with Gasteiger partial charge in [-0.05, 0) is 52.1 Å². The van der Waals surface area contributed by atoms with Crippen molar-refractivity contribution in [3.8, 4) is 0 Å². The number of nitrogens with zero attached hydrogens (tertiary/aromatic N) is 1. The molecule has 0 spiro atoms. The number of carbonyl (C=O) groups is 1. The number of hydrogen-bond acceptors (Lipinski definition) is 3. The predicted octanol–water partition coefficient (Wildman–Crippen LogP) is 0.962. The van der Waals surface area contributed by atoms with Gasteiger partial charge in [-0.1, -0.05) is 6.92 Å². The average molecular weight is 253 g/mol. The van der Waals surface area contributed by atoms with Crippen LogP contribution in [0.15, 0.2) is 0 Å². The van der Waals surface area contributed by atoms with E-state index in [1.54, 1.807) is 0 Å². The lowest BCUT2D eigenvalue weighted by Gasteiger charge is -2.49. The van der Waals surface area contributed by atoms with Gasteiger partial charge in [0.1, 0.15) is 0 Å². The Kier molecular flexibility index (Phi) is 3.70. The summed E-state index contributed by atoms with van der Waals surface area (Å²) in [6.45, 7) is 3.45. The number of nitrogens with two attached hydrogens (primary N) is 1. The van der Waals surface area contributed by atoms with E-state index in [1.807, 2.05) is 0 Å². The van der Waals surface area contributed by atoms with Gasteiger partial charge in [0.05, 0.1) is 5.41 Å². The highest BCUT2D eigenvalue weighted by molar-refractivity contribution is 5.84. The highest BCUT2D eigenvalue weighted by Crippen LogP contribution is 2.45. The molecule has 0 aromatic heterocycles. The zero-order valence-electron chi connectivity index (χ0n) is 12.0. The van der Waals surface area contributed by atoms with Crippen LogP contribution in [0, 0.1) is 11.3 Å². The van der Waals surface area contributed by atoms with Crippen LogP contribution in [0.4, 0.5) is 0 Å². The van der Waals surface area contributed by atoms with Gasteiger partial charge in [-0.2, -0.15) is 0 Å². The number of likely N-dealkylation sites (N-methyl/N-ethyl adjacent to an activating group) is 1. The molecule has 3 N–H and O–H groups in total. The van der Waals surface area contributed by atoms with Gasteiger partial charge in [0.2, 0.25) is 5.91 Å². The van der Waals surface area contributed by atoms with Gasteiger partial charge in [0.15, 0.2) is 0 Å². The van der Waals surface area contributed by atoms with E-state index in [1.165, 1.54) is 19.3 Å². The first-order chi connectivity index (χ1) is 8.44. The van der Waals surface area contributed by atoms with Gasteiger partial charge < -0.3 is 16.0 Å². The van der Waals surface area contributed by atoms with E-state index in [2.05, 4.69) is 31.2 Å². The second kappa shape index (κ2) is 4.82. The molecule has 0 heterocycles. The van der Waals surface area contributed by atoms with Crippen molar-refractivity contribution in [3.05, 3.63) is 0 Å². The molecule has 4 nitrogen and oxygen atoms in total. The Labute approximate surface area is 110 Å². The number of hydrogen-bond donors (Lipinski definition) is 2. The molecule has 0 atom stereocenters. The van der Waals surface area contributed by atoms with E-state index >= 15 is 0 Å². The zero-order valence-corrected chi connectivity index (χ0v) is 12.0. The lowest BCUT2D eigenvalue weighted by Crippen LogP contribution is -2.60. The molecule has 0 radical (unpaired) electrons. The van der Waals surface area contributed by atoms with Crippen LogP contribution in [0.2, 0.25) is 0 Å². The molecular formula is C14H27N3O. The fourth-order valence-electron chi connectivity index (χ4n) is 3.52. The Morgan fingerprint density at radius 2 is 2.00 bits per heavy atom. The molecule has 2 fully saturated rings. The normalized spacial score (nSPS) is 33.7. The Morgan fingerprint density at radius 3 is 2.33 bits per heavy atom. The summed E-state index contributed by atoms with van der Waals surface area (Å²) in [7, 11) is 4.21. The minimum atomic E-state index is -0.267. The molecule has 0 aromatic carbocycles. The molecule has 104 valence electrons. The summed E-state index contributed by atoms with van der Waals surface area (Å²) >= 11 is 0. The smallest absolute Gasteiger partial charge is 0.227 e. The Hall–Kier alpha value is -0.610. The summed E-state index contributed by atoms with van der Waals surface area (Å²) in [6, 6.07) is 0. The monoisotopic (exact) mass is 253 g/mol. The summed E-state index contributed by atoms with van der Waals surface area (Å²) in [5.74, 6) is 0.821. The highest BCUT2D eigenvalue weighted by Gasteiger charge is 2.48. The standard InChI is InChI=1S/C14H27N3O/c1-11-7-13(8-11,9-15)12(18)16-10-14(17(2)3)5-4-6-14/h11H,4-10,15H2,1-3H3,(H,16,18). The van der Waals surface area contributed by atoms with Crippen LogP contribution in [-0.2, 0) is 4.79 Å². The maximum absolute atomic E-state index is 12.3. The molecule has 2 saturated carbocycles. The van der Waals surface area contributed by atoms with Crippen LogP contribution in [-0.4, -0.2) is 43.5 Å². The average Bonchev–Trinajstić information content (AvgIpc) is 2.22. The first kappa shape index (κ1) is 13.8. The third-order valence-corrected chi connectivity index (χ3v) is 5.16. The van der Waals surface area contributed by atoms with Gasteiger partial charge in [0, 0.05) is 18.6 Å². The van der Waals surface area contributed by atoms with Gasteiger partial charge in [-0.3, -0.25) is 4.79 Å². The highest BCUT2D eigenvalue weighted by atomic mass is 16.2. The molecule has 0 unspecified atom stereocenters. The summed E-state index contributed by atoms with van der Waals surface area (Å²) in [5, 5.41) is 3.16. The van der Waals surface area contributed by atoms with E-state index in [-0.39, 0.29) is 16.9 Å². The number of amides is 1. The third kappa shape index (κ3) is 2.16. The maximum Gasteiger partial charge on any atom is 0.227 e. The molecule has 0 saturated heterocycles. The minimum absolute atomic E-state index is 0.177.